The molecule has 4 rings (SSSR count). The number of carbonyl (C=O) groups is 1. The van der Waals surface area contributed by atoms with E-state index in [-0.39, 0.29) is 18.5 Å². The summed E-state index contributed by atoms with van der Waals surface area (Å²) in [5, 5.41) is 13.0. The molecule has 0 bridgehead atoms. The Morgan fingerprint density at radius 2 is 1.96 bits per heavy atom. The molecule has 1 saturated heterocycles. The number of rotatable bonds is 2. The third kappa shape index (κ3) is 2.94. The zero-order valence-electron chi connectivity index (χ0n) is 13.2. The Balaban J connectivity index is 0.00000156. The molecule has 1 aliphatic carbocycles. The van der Waals surface area contributed by atoms with E-state index < -0.39 is 5.97 Å². The standard InChI is InChI=1S/C18H23NO3.ClH/c20-18(21)12-6-7-15-14(10-12)17-13(8-9-22-17)16(19-15)11-4-2-1-3-5-11;/h6-7,10-11,13,16-17,19H,1-5,8-9H2,(H,20,21);1H. The van der Waals surface area contributed by atoms with Crippen LogP contribution >= 0.6 is 12.4 Å². The van der Waals surface area contributed by atoms with Gasteiger partial charge in [0.1, 0.15) is 0 Å². The van der Waals surface area contributed by atoms with Crippen LogP contribution in [-0.2, 0) is 4.74 Å². The van der Waals surface area contributed by atoms with Gasteiger partial charge in [-0.25, -0.2) is 4.79 Å². The first-order valence-corrected chi connectivity index (χ1v) is 8.49. The molecule has 1 aromatic carbocycles. The van der Waals surface area contributed by atoms with Crippen molar-refractivity contribution in [1.29, 1.82) is 0 Å². The molecule has 4 nitrogen and oxygen atoms in total. The van der Waals surface area contributed by atoms with E-state index in [2.05, 4.69) is 5.32 Å². The Kier molecular flexibility index (Phi) is 4.83. The number of ether oxygens (including phenoxy) is 1. The molecule has 0 radical (unpaired) electrons. The molecule has 2 aliphatic heterocycles. The van der Waals surface area contributed by atoms with Crippen LogP contribution in [0.5, 0.6) is 0 Å². The van der Waals surface area contributed by atoms with Crippen molar-refractivity contribution in [3.8, 4) is 0 Å². The number of halogens is 1. The summed E-state index contributed by atoms with van der Waals surface area (Å²) in [7, 11) is 0. The van der Waals surface area contributed by atoms with Crippen molar-refractivity contribution in [2.24, 2.45) is 11.8 Å². The lowest BCUT2D eigenvalue weighted by Crippen LogP contribution is -2.42. The van der Waals surface area contributed by atoms with E-state index >= 15 is 0 Å². The first kappa shape index (κ1) is 16.6. The highest BCUT2D eigenvalue weighted by Gasteiger charge is 2.44. The molecule has 2 fully saturated rings. The molecule has 3 aliphatic rings. The van der Waals surface area contributed by atoms with Crippen LogP contribution in [0.4, 0.5) is 5.69 Å². The number of benzene rings is 1. The second kappa shape index (κ2) is 6.70. The van der Waals surface area contributed by atoms with Crippen LogP contribution in [0.1, 0.15) is 60.6 Å². The van der Waals surface area contributed by atoms with Crippen molar-refractivity contribution in [3.63, 3.8) is 0 Å². The largest absolute Gasteiger partial charge is 0.478 e. The molecule has 23 heavy (non-hydrogen) atoms. The van der Waals surface area contributed by atoms with Crippen molar-refractivity contribution in [1.82, 2.24) is 0 Å². The average Bonchev–Trinajstić information content (AvgIpc) is 3.04. The van der Waals surface area contributed by atoms with Crippen LogP contribution < -0.4 is 5.32 Å². The molecule has 3 atom stereocenters. The minimum Gasteiger partial charge on any atom is -0.478 e. The molecule has 2 N–H and O–H groups in total. The van der Waals surface area contributed by atoms with E-state index in [0.717, 1.165) is 30.2 Å². The highest BCUT2D eigenvalue weighted by molar-refractivity contribution is 5.88. The summed E-state index contributed by atoms with van der Waals surface area (Å²) < 4.78 is 6.01. The fraction of sp³-hybridized carbons (Fsp3) is 0.611. The fourth-order valence-corrected chi connectivity index (χ4v) is 4.60. The minimum atomic E-state index is -0.869. The third-order valence-corrected chi connectivity index (χ3v) is 5.68. The first-order valence-electron chi connectivity index (χ1n) is 8.49. The van der Waals surface area contributed by atoms with Gasteiger partial charge in [-0.3, -0.25) is 0 Å². The minimum absolute atomic E-state index is 0. The van der Waals surface area contributed by atoms with Crippen LogP contribution in [-0.4, -0.2) is 23.7 Å². The molecular weight excluding hydrogens is 314 g/mol. The van der Waals surface area contributed by atoms with Gasteiger partial charge >= 0.3 is 5.97 Å². The predicted molar refractivity (Wildman–Crippen MR) is 91.4 cm³/mol. The molecule has 0 amide bonds. The molecule has 3 unspecified atom stereocenters. The van der Waals surface area contributed by atoms with Crippen molar-refractivity contribution in [3.05, 3.63) is 29.3 Å². The number of hydrogen-bond donors (Lipinski definition) is 2. The number of carboxylic acid groups (broad SMARTS) is 1. The lowest BCUT2D eigenvalue weighted by atomic mass is 9.73. The molecule has 5 heteroatoms. The maximum absolute atomic E-state index is 11.2. The topological polar surface area (TPSA) is 58.6 Å². The maximum Gasteiger partial charge on any atom is 0.335 e. The molecule has 1 saturated carbocycles. The number of hydrogen-bond acceptors (Lipinski definition) is 3. The fourth-order valence-electron chi connectivity index (χ4n) is 4.60. The summed E-state index contributed by atoms with van der Waals surface area (Å²) in [6.07, 6.45) is 7.81. The van der Waals surface area contributed by atoms with Crippen molar-refractivity contribution >= 4 is 24.1 Å². The summed E-state index contributed by atoms with van der Waals surface area (Å²) >= 11 is 0. The second-order valence-electron chi connectivity index (χ2n) is 6.92. The highest BCUT2D eigenvalue weighted by Crippen LogP contribution is 2.48. The van der Waals surface area contributed by atoms with Crippen molar-refractivity contribution in [2.75, 3.05) is 11.9 Å². The summed E-state index contributed by atoms with van der Waals surface area (Å²) in [5.74, 6) is 0.349. The predicted octanol–water partition coefficient (Wildman–Crippen LogP) is 4.26. The van der Waals surface area contributed by atoms with Gasteiger partial charge in [0.05, 0.1) is 11.7 Å². The van der Waals surface area contributed by atoms with Gasteiger partial charge in [-0.1, -0.05) is 19.3 Å². The van der Waals surface area contributed by atoms with Gasteiger partial charge in [-0.2, -0.15) is 0 Å². The molecule has 0 aromatic heterocycles. The van der Waals surface area contributed by atoms with Gasteiger partial charge in [-0.05, 0) is 43.4 Å². The zero-order chi connectivity index (χ0) is 15.1. The number of fused-ring (bicyclic) bond motifs is 3. The van der Waals surface area contributed by atoms with Crippen LogP contribution in [0, 0.1) is 11.8 Å². The van der Waals surface area contributed by atoms with E-state index in [4.69, 9.17) is 4.74 Å². The van der Waals surface area contributed by atoms with E-state index in [1.165, 1.54) is 32.1 Å². The Morgan fingerprint density at radius 3 is 2.70 bits per heavy atom. The normalized spacial score (nSPS) is 29.8. The van der Waals surface area contributed by atoms with E-state index in [1.54, 1.807) is 12.1 Å². The second-order valence-corrected chi connectivity index (χ2v) is 6.92. The van der Waals surface area contributed by atoms with Crippen LogP contribution in [0.15, 0.2) is 18.2 Å². The molecule has 2 heterocycles. The van der Waals surface area contributed by atoms with Gasteiger partial charge in [0.25, 0.3) is 0 Å². The summed E-state index contributed by atoms with van der Waals surface area (Å²) in [4.78, 5) is 11.2. The maximum atomic E-state index is 11.2. The van der Waals surface area contributed by atoms with Crippen LogP contribution in [0.3, 0.4) is 0 Å². The molecule has 1 aromatic rings. The monoisotopic (exact) mass is 337 g/mol. The lowest BCUT2D eigenvalue weighted by Gasteiger charge is -2.42. The van der Waals surface area contributed by atoms with E-state index in [9.17, 15) is 9.90 Å². The van der Waals surface area contributed by atoms with Crippen molar-refractivity contribution < 1.29 is 14.6 Å². The van der Waals surface area contributed by atoms with Crippen LogP contribution in [0.2, 0.25) is 0 Å². The first-order chi connectivity index (χ1) is 10.7. The number of nitrogens with one attached hydrogen (secondary N) is 1. The van der Waals surface area contributed by atoms with E-state index in [1.807, 2.05) is 6.07 Å². The Morgan fingerprint density at radius 1 is 1.17 bits per heavy atom. The quantitative estimate of drug-likeness (QED) is 0.846. The number of anilines is 1. The van der Waals surface area contributed by atoms with Crippen molar-refractivity contribution in [2.45, 2.75) is 50.7 Å². The Labute approximate surface area is 143 Å². The van der Waals surface area contributed by atoms with E-state index in [0.29, 0.717) is 17.5 Å². The Bertz CT molecular complexity index is 586. The zero-order valence-corrected chi connectivity index (χ0v) is 14.0. The van der Waals surface area contributed by atoms with Gasteiger partial charge in [-0.15, -0.1) is 12.4 Å². The summed E-state index contributed by atoms with van der Waals surface area (Å²) in [6.45, 7) is 0.789. The molecular formula is C18H24ClNO3. The summed E-state index contributed by atoms with van der Waals surface area (Å²) in [6, 6.07) is 5.90. The van der Waals surface area contributed by atoms with Crippen LogP contribution in [0.25, 0.3) is 0 Å². The highest BCUT2D eigenvalue weighted by atomic mass is 35.5. The third-order valence-electron chi connectivity index (χ3n) is 5.68. The number of aromatic carboxylic acids is 1. The summed E-state index contributed by atoms with van der Waals surface area (Å²) in [5.41, 5.74) is 2.46. The van der Waals surface area contributed by atoms with Gasteiger partial charge in [0, 0.05) is 29.8 Å². The lowest BCUT2D eigenvalue weighted by molar-refractivity contribution is 0.0687. The van der Waals surface area contributed by atoms with Gasteiger partial charge < -0.3 is 15.2 Å². The Hall–Kier alpha value is -1.26. The average molecular weight is 338 g/mol. The smallest absolute Gasteiger partial charge is 0.335 e. The van der Waals surface area contributed by atoms with Gasteiger partial charge in [0.2, 0.25) is 0 Å². The molecule has 126 valence electrons. The van der Waals surface area contributed by atoms with Gasteiger partial charge in [0.15, 0.2) is 0 Å². The molecule has 0 spiro atoms. The SMILES string of the molecule is Cl.O=C(O)c1ccc2c(c1)C1OCCC1C(C1CCCCC1)N2. The number of carboxylic acids is 1.